The highest BCUT2D eigenvalue weighted by Crippen LogP contribution is 2.32. The number of halogens is 2. The minimum Gasteiger partial charge on any atom is -0.493 e. The van der Waals surface area contributed by atoms with E-state index >= 15 is 0 Å². The second-order valence-electron chi connectivity index (χ2n) is 6.32. The summed E-state index contributed by atoms with van der Waals surface area (Å²) in [4.78, 5) is 4.64. The molecule has 0 saturated carbocycles. The molecule has 2 aliphatic heterocycles. The Bertz CT molecular complexity index is 674. The summed E-state index contributed by atoms with van der Waals surface area (Å²) in [6.07, 6.45) is 8.64. The zero-order chi connectivity index (χ0) is 14.9. The molecule has 1 aromatic carbocycles. The van der Waals surface area contributed by atoms with Gasteiger partial charge in [-0.05, 0) is 49.6 Å². The van der Waals surface area contributed by atoms with Gasteiger partial charge in [0.05, 0.1) is 6.61 Å². The topological polar surface area (TPSA) is 39.1 Å². The minimum absolute atomic E-state index is 0. The fourth-order valence-corrected chi connectivity index (χ4v) is 3.70. The first kappa shape index (κ1) is 19.1. The van der Waals surface area contributed by atoms with Gasteiger partial charge in [0.2, 0.25) is 0 Å². The number of nitrogens with zero attached hydrogens (tertiary/aromatic N) is 2. The molecule has 1 N–H and O–H groups in total. The van der Waals surface area contributed by atoms with E-state index in [1.807, 2.05) is 6.20 Å². The maximum absolute atomic E-state index is 5.61. The van der Waals surface area contributed by atoms with Crippen LogP contribution in [0.4, 0.5) is 0 Å². The van der Waals surface area contributed by atoms with Crippen molar-refractivity contribution < 1.29 is 4.74 Å². The molecule has 6 heteroatoms. The zero-order valence-corrected chi connectivity index (χ0v) is 15.5. The van der Waals surface area contributed by atoms with E-state index in [0.717, 1.165) is 31.1 Å². The Kier molecular flexibility index (Phi) is 6.55. The van der Waals surface area contributed by atoms with Crippen molar-refractivity contribution in [3.63, 3.8) is 0 Å². The first-order valence-electron chi connectivity index (χ1n) is 8.37. The molecule has 24 heavy (non-hydrogen) atoms. The van der Waals surface area contributed by atoms with Crippen molar-refractivity contribution in [1.82, 2.24) is 14.9 Å². The molecule has 0 spiro atoms. The maximum atomic E-state index is 5.61. The van der Waals surface area contributed by atoms with Gasteiger partial charge >= 0.3 is 0 Å². The predicted molar refractivity (Wildman–Crippen MR) is 102 cm³/mol. The summed E-state index contributed by atoms with van der Waals surface area (Å²) < 4.78 is 7.99. The molecule has 0 amide bonds. The predicted octanol–water partition coefficient (Wildman–Crippen LogP) is 4.03. The van der Waals surface area contributed by atoms with Gasteiger partial charge in [-0.1, -0.05) is 6.92 Å². The lowest BCUT2D eigenvalue weighted by molar-refractivity contribution is 0.297. The average Bonchev–Trinajstić information content (AvgIpc) is 3.23. The number of nitrogens with one attached hydrogen (secondary N) is 1. The van der Waals surface area contributed by atoms with Crippen LogP contribution < -0.4 is 10.1 Å². The lowest BCUT2D eigenvalue weighted by Gasteiger charge is -2.31. The number of hydrogen-bond acceptors (Lipinski definition) is 3. The molecular formula is C18H25Cl2N3O. The Morgan fingerprint density at radius 3 is 3.04 bits per heavy atom. The van der Waals surface area contributed by atoms with Crippen LogP contribution in [0.2, 0.25) is 0 Å². The third-order valence-corrected chi connectivity index (χ3v) is 4.97. The van der Waals surface area contributed by atoms with E-state index in [4.69, 9.17) is 4.74 Å². The number of imidazole rings is 1. The second-order valence-corrected chi connectivity index (χ2v) is 6.32. The number of piperidine rings is 1. The van der Waals surface area contributed by atoms with Crippen LogP contribution >= 0.6 is 24.8 Å². The van der Waals surface area contributed by atoms with Crippen LogP contribution in [0, 0.1) is 0 Å². The highest BCUT2D eigenvalue weighted by molar-refractivity contribution is 5.85. The van der Waals surface area contributed by atoms with Gasteiger partial charge < -0.3 is 14.6 Å². The maximum Gasteiger partial charge on any atom is 0.140 e. The molecule has 1 aromatic heterocycles. The van der Waals surface area contributed by atoms with Crippen LogP contribution in [0.25, 0.3) is 11.4 Å². The molecule has 0 unspecified atom stereocenters. The smallest absolute Gasteiger partial charge is 0.140 e. The van der Waals surface area contributed by atoms with E-state index in [-0.39, 0.29) is 24.8 Å². The molecule has 0 radical (unpaired) electrons. The Labute approximate surface area is 155 Å². The second kappa shape index (κ2) is 8.24. The van der Waals surface area contributed by atoms with Crippen molar-refractivity contribution in [3.8, 4) is 17.1 Å². The Hall–Kier alpha value is -1.23. The molecule has 0 bridgehead atoms. The summed E-state index contributed by atoms with van der Waals surface area (Å²) in [7, 11) is 0. The van der Waals surface area contributed by atoms with Gasteiger partial charge in [-0.25, -0.2) is 4.98 Å². The van der Waals surface area contributed by atoms with Crippen LogP contribution in [0.3, 0.4) is 0 Å². The fourth-order valence-electron chi connectivity index (χ4n) is 3.70. The van der Waals surface area contributed by atoms with Crippen molar-refractivity contribution in [2.75, 3.05) is 13.2 Å². The molecule has 1 saturated heterocycles. The van der Waals surface area contributed by atoms with Gasteiger partial charge in [0, 0.05) is 36.5 Å². The van der Waals surface area contributed by atoms with E-state index in [9.17, 15) is 0 Å². The molecule has 1 fully saturated rings. The van der Waals surface area contributed by atoms with Crippen molar-refractivity contribution in [2.45, 2.75) is 44.7 Å². The van der Waals surface area contributed by atoms with Gasteiger partial charge in [-0.2, -0.15) is 0 Å². The molecular weight excluding hydrogens is 345 g/mol. The Morgan fingerprint density at radius 1 is 1.33 bits per heavy atom. The molecule has 4 rings (SSSR count). The average molecular weight is 370 g/mol. The normalized spacial score (nSPS) is 22.0. The van der Waals surface area contributed by atoms with E-state index in [0.29, 0.717) is 12.1 Å². The summed E-state index contributed by atoms with van der Waals surface area (Å²) in [6.45, 7) is 4.16. The molecule has 4 nitrogen and oxygen atoms in total. The highest BCUT2D eigenvalue weighted by atomic mass is 35.5. The van der Waals surface area contributed by atoms with Crippen molar-refractivity contribution in [1.29, 1.82) is 0 Å². The van der Waals surface area contributed by atoms with Crippen LogP contribution in [0.5, 0.6) is 5.75 Å². The van der Waals surface area contributed by atoms with E-state index in [2.05, 4.69) is 46.2 Å². The van der Waals surface area contributed by atoms with Gasteiger partial charge in [-0.15, -0.1) is 24.8 Å². The van der Waals surface area contributed by atoms with Crippen molar-refractivity contribution >= 4 is 24.8 Å². The van der Waals surface area contributed by atoms with Crippen molar-refractivity contribution in [2.24, 2.45) is 0 Å². The lowest BCUT2D eigenvalue weighted by Crippen LogP contribution is -2.38. The van der Waals surface area contributed by atoms with E-state index < -0.39 is 0 Å². The highest BCUT2D eigenvalue weighted by Gasteiger charge is 2.24. The number of benzene rings is 1. The van der Waals surface area contributed by atoms with Crippen LogP contribution in [-0.4, -0.2) is 28.7 Å². The van der Waals surface area contributed by atoms with E-state index in [1.165, 1.54) is 30.4 Å². The summed E-state index contributed by atoms with van der Waals surface area (Å²) in [5.41, 5.74) is 2.52. The van der Waals surface area contributed by atoms with Crippen LogP contribution in [-0.2, 0) is 6.42 Å². The van der Waals surface area contributed by atoms with Gasteiger partial charge in [0.15, 0.2) is 0 Å². The number of fused-ring (bicyclic) bond motifs is 1. The summed E-state index contributed by atoms with van der Waals surface area (Å²) in [6, 6.07) is 7.66. The SMILES string of the molecule is CC[C@H]1C[C@H](n2ccnc2-c2ccc3c(c2)CCO3)CCN1.Cl.Cl. The molecule has 0 aliphatic carbocycles. The molecule has 132 valence electrons. The summed E-state index contributed by atoms with van der Waals surface area (Å²) >= 11 is 0. The lowest BCUT2D eigenvalue weighted by atomic mass is 9.97. The van der Waals surface area contributed by atoms with Crippen LogP contribution in [0.15, 0.2) is 30.6 Å². The number of ether oxygens (including phenoxy) is 1. The third-order valence-electron chi connectivity index (χ3n) is 4.97. The molecule has 2 aromatic rings. The monoisotopic (exact) mass is 369 g/mol. The first-order chi connectivity index (χ1) is 10.8. The quantitative estimate of drug-likeness (QED) is 0.887. The summed E-state index contributed by atoms with van der Waals surface area (Å²) in [5, 5.41) is 3.60. The molecule has 2 aliphatic rings. The zero-order valence-electron chi connectivity index (χ0n) is 13.9. The van der Waals surface area contributed by atoms with Gasteiger partial charge in [0.25, 0.3) is 0 Å². The molecule has 2 atom stereocenters. The number of hydrogen-bond donors (Lipinski definition) is 1. The summed E-state index contributed by atoms with van der Waals surface area (Å²) in [5.74, 6) is 2.13. The van der Waals surface area contributed by atoms with Gasteiger partial charge in [0.1, 0.15) is 11.6 Å². The number of aromatic nitrogens is 2. The standard InChI is InChI=1S/C18H23N3O.2ClH/c1-2-15-12-16(5-7-19-15)21-9-8-20-18(21)14-3-4-17-13(11-14)6-10-22-17;;/h3-4,8-9,11,15-16,19H,2,5-7,10,12H2,1H3;2*1H/t15-,16+;;/m0../s1. The fraction of sp³-hybridized carbons (Fsp3) is 0.500. The molecule has 3 heterocycles. The van der Waals surface area contributed by atoms with Gasteiger partial charge in [-0.3, -0.25) is 0 Å². The first-order valence-corrected chi connectivity index (χ1v) is 8.37. The third kappa shape index (κ3) is 3.56. The van der Waals surface area contributed by atoms with Crippen LogP contribution in [0.1, 0.15) is 37.8 Å². The minimum atomic E-state index is 0. The van der Waals surface area contributed by atoms with E-state index in [1.54, 1.807) is 0 Å². The Balaban J connectivity index is 0.00000104. The largest absolute Gasteiger partial charge is 0.493 e. The Morgan fingerprint density at radius 2 is 2.21 bits per heavy atom. The number of rotatable bonds is 3. The van der Waals surface area contributed by atoms with Crippen molar-refractivity contribution in [3.05, 3.63) is 36.2 Å².